The number of urea groups is 1. The zero-order valence-corrected chi connectivity index (χ0v) is 18.3. The smallest absolute Gasteiger partial charge is 0.320 e. The van der Waals surface area contributed by atoms with Crippen molar-refractivity contribution in [3.63, 3.8) is 0 Å². The van der Waals surface area contributed by atoms with Crippen molar-refractivity contribution >= 4 is 23.4 Å². The maximum atomic E-state index is 12.6. The summed E-state index contributed by atoms with van der Waals surface area (Å²) in [7, 11) is 0. The SMILES string of the molecule is CC(C)(C)NC(=O)Nc1cc(CNc2ccccc2C(=O)NOC2CCCC2)ccn1. The van der Waals surface area contributed by atoms with E-state index in [2.05, 4.69) is 26.4 Å². The van der Waals surface area contributed by atoms with Gasteiger partial charge in [-0.25, -0.2) is 15.3 Å². The summed E-state index contributed by atoms with van der Waals surface area (Å²) >= 11 is 0. The Morgan fingerprint density at radius 3 is 2.61 bits per heavy atom. The van der Waals surface area contributed by atoms with E-state index in [9.17, 15) is 9.59 Å². The van der Waals surface area contributed by atoms with Crippen LogP contribution in [0.25, 0.3) is 0 Å². The number of hydroxylamine groups is 1. The molecule has 8 heteroatoms. The standard InChI is InChI=1S/C23H31N5O3/c1-23(2,3)27-22(30)26-20-14-16(12-13-24-20)15-25-19-11-7-6-10-18(19)21(29)28-31-17-8-4-5-9-17/h6-7,10-14,17,25H,4-5,8-9,15H2,1-3H3,(H,28,29)(H2,24,26,27,30). The third-order valence-corrected chi connectivity index (χ3v) is 4.83. The fourth-order valence-electron chi connectivity index (χ4n) is 3.37. The van der Waals surface area contributed by atoms with Crippen LogP contribution in [0, 0.1) is 0 Å². The number of rotatable bonds is 7. The predicted molar refractivity (Wildman–Crippen MR) is 121 cm³/mol. The summed E-state index contributed by atoms with van der Waals surface area (Å²) in [6.07, 6.45) is 5.97. The molecule has 0 radical (unpaired) electrons. The number of pyridine rings is 1. The molecule has 1 heterocycles. The van der Waals surface area contributed by atoms with Crippen LogP contribution in [0.2, 0.25) is 0 Å². The van der Waals surface area contributed by atoms with E-state index < -0.39 is 0 Å². The Hall–Kier alpha value is -3.13. The third-order valence-electron chi connectivity index (χ3n) is 4.83. The van der Waals surface area contributed by atoms with Crippen LogP contribution in [0.1, 0.15) is 62.4 Å². The maximum absolute atomic E-state index is 12.6. The molecule has 0 aliphatic heterocycles. The number of nitrogens with one attached hydrogen (secondary N) is 4. The number of hydrogen-bond donors (Lipinski definition) is 4. The lowest BCUT2D eigenvalue weighted by atomic mass is 10.1. The Labute approximate surface area is 183 Å². The predicted octanol–water partition coefficient (Wildman–Crippen LogP) is 4.22. The highest BCUT2D eigenvalue weighted by atomic mass is 16.7. The van der Waals surface area contributed by atoms with Gasteiger partial charge in [0.05, 0.1) is 11.7 Å². The topological polar surface area (TPSA) is 104 Å². The van der Waals surface area contributed by atoms with Gasteiger partial charge >= 0.3 is 6.03 Å². The number of hydrogen-bond acceptors (Lipinski definition) is 5. The van der Waals surface area contributed by atoms with Crippen molar-refractivity contribution in [3.8, 4) is 0 Å². The van der Waals surface area contributed by atoms with Crippen LogP contribution < -0.4 is 21.4 Å². The molecule has 0 saturated heterocycles. The molecule has 31 heavy (non-hydrogen) atoms. The highest BCUT2D eigenvalue weighted by Gasteiger charge is 2.18. The van der Waals surface area contributed by atoms with Gasteiger partial charge in [0, 0.05) is 24.0 Å². The summed E-state index contributed by atoms with van der Waals surface area (Å²) in [5, 5.41) is 8.86. The van der Waals surface area contributed by atoms with Gasteiger partial charge < -0.3 is 10.6 Å². The minimum atomic E-state index is -0.338. The van der Waals surface area contributed by atoms with E-state index in [0.717, 1.165) is 31.2 Å². The largest absolute Gasteiger partial charge is 0.380 e. The Bertz CT molecular complexity index is 904. The van der Waals surface area contributed by atoms with E-state index >= 15 is 0 Å². The molecule has 1 aromatic carbocycles. The minimum absolute atomic E-state index is 0.0993. The van der Waals surface area contributed by atoms with Gasteiger partial charge in [-0.1, -0.05) is 25.0 Å². The zero-order valence-electron chi connectivity index (χ0n) is 18.3. The van der Waals surface area contributed by atoms with Crippen LogP contribution in [-0.2, 0) is 11.4 Å². The third kappa shape index (κ3) is 7.25. The second-order valence-corrected chi connectivity index (χ2v) is 8.73. The Morgan fingerprint density at radius 1 is 1.13 bits per heavy atom. The van der Waals surface area contributed by atoms with E-state index in [0.29, 0.717) is 23.6 Å². The van der Waals surface area contributed by atoms with Gasteiger partial charge in [-0.3, -0.25) is 14.9 Å². The number of carbonyl (C=O) groups excluding carboxylic acids is 2. The molecule has 1 aliphatic carbocycles. The number of aromatic nitrogens is 1. The summed E-state index contributed by atoms with van der Waals surface area (Å²) in [6, 6.07) is 10.6. The fraction of sp³-hybridized carbons (Fsp3) is 0.435. The summed E-state index contributed by atoms with van der Waals surface area (Å²) < 4.78 is 0. The molecule has 1 fully saturated rings. The van der Waals surface area contributed by atoms with E-state index in [4.69, 9.17) is 4.84 Å². The highest BCUT2D eigenvalue weighted by Crippen LogP contribution is 2.21. The molecular formula is C23H31N5O3. The van der Waals surface area contributed by atoms with Gasteiger partial charge in [-0.05, 0) is 63.4 Å². The van der Waals surface area contributed by atoms with Crippen molar-refractivity contribution < 1.29 is 14.4 Å². The summed E-state index contributed by atoms with van der Waals surface area (Å²) in [4.78, 5) is 34.4. The first-order chi connectivity index (χ1) is 14.8. The zero-order chi connectivity index (χ0) is 22.3. The Morgan fingerprint density at radius 2 is 1.87 bits per heavy atom. The molecule has 2 aromatic rings. The van der Waals surface area contributed by atoms with Crippen LogP contribution in [0.5, 0.6) is 0 Å². The molecule has 0 spiro atoms. The second kappa shape index (κ2) is 10.3. The van der Waals surface area contributed by atoms with E-state index in [1.54, 1.807) is 18.3 Å². The lowest BCUT2D eigenvalue weighted by Gasteiger charge is -2.20. The lowest BCUT2D eigenvalue weighted by molar-refractivity contribution is -0.0124. The number of para-hydroxylation sites is 1. The molecule has 1 saturated carbocycles. The monoisotopic (exact) mass is 425 g/mol. The van der Waals surface area contributed by atoms with Crippen LogP contribution in [0.15, 0.2) is 42.6 Å². The summed E-state index contributed by atoms with van der Waals surface area (Å²) in [5.74, 6) is 0.183. The van der Waals surface area contributed by atoms with Crippen molar-refractivity contribution in [2.24, 2.45) is 0 Å². The van der Waals surface area contributed by atoms with Crippen LogP contribution in [0.4, 0.5) is 16.3 Å². The average Bonchev–Trinajstić information content (AvgIpc) is 3.23. The first-order valence-corrected chi connectivity index (χ1v) is 10.6. The molecule has 1 aliphatic rings. The Kier molecular flexibility index (Phi) is 7.46. The van der Waals surface area contributed by atoms with Gasteiger partial charge in [0.2, 0.25) is 0 Å². The molecule has 0 atom stereocenters. The molecule has 3 rings (SSSR count). The van der Waals surface area contributed by atoms with Crippen molar-refractivity contribution in [1.29, 1.82) is 0 Å². The van der Waals surface area contributed by atoms with Gasteiger partial charge in [0.25, 0.3) is 5.91 Å². The van der Waals surface area contributed by atoms with Gasteiger partial charge in [-0.2, -0.15) is 0 Å². The fourth-order valence-corrected chi connectivity index (χ4v) is 3.37. The highest BCUT2D eigenvalue weighted by molar-refractivity contribution is 5.99. The van der Waals surface area contributed by atoms with Crippen molar-refractivity contribution in [3.05, 3.63) is 53.7 Å². The molecular weight excluding hydrogens is 394 g/mol. The average molecular weight is 426 g/mol. The minimum Gasteiger partial charge on any atom is -0.380 e. The number of anilines is 2. The summed E-state index contributed by atoms with van der Waals surface area (Å²) in [6.45, 7) is 6.19. The molecule has 166 valence electrons. The summed E-state index contributed by atoms with van der Waals surface area (Å²) in [5.41, 5.74) is 4.37. The van der Waals surface area contributed by atoms with Crippen molar-refractivity contribution in [2.45, 2.75) is 64.6 Å². The van der Waals surface area contributed by atoms with Gasteiger partial charge in [0.15, 0.2) is 0 Å². The number of amides is 3. The van der Waals surface area contributed by atoms with Gasteiger partial charge in [0.1, 0.15) is 5.82 Å². The Balaban J connectivity index is 1.58. The van der Waals surface area contributed by atoms with Crippen LogP contribution in [-0.4, -0.2) is 28.6 Å². The molecule has 0 unspecified atom stereocenters. The first kappa shape index (κ1) is 22.6. The molecule has 0 bridgehead atoms. The van der Waals surface area contributed by atoms with Gasteiger partial charge in [-0.15, -0.1) is 0 Å². The van der Waals surface area contributed by atoms with E-state index in [1.165, 1.54) is 0 Å². The van der Waals surface area contributed by atoms with Crippen molar-refractivity contribution in [2.75, 3.05) is 10.6 Å². The second-order valence-electron chi connectivity index (χ2n) is 8.73. The van der Waals surface area contributed by atoms with E-state index in [-0.39, 0.29) is 23.6 Å². The number of benzene rings is 1. The molecule has 3 amide bonds. The van der Waals surface area contributed by atoms with Crippen LogP contribution >= 0.6 is 0 Å². The lowest BCUT2D eigenvalue weighted by Crippen LogP contribution is -2.43. The quantitative estimate of drug-likeness (QED) is 0.497. The van der Waals surface area contributed by atoms with Crippen LogP contribution in [0.3, 0.4) is 0 Å². The number of nitrogens with zero attached hydrogens (tertiary/aromatic N) is 1. The number of carbonyl (C=O) groups is 2. The normalized spacial score (nSPS) is 14.2. The first-order valence-electron chi connectivity index (χ1n) is 10.6. The maximum Gasteiger partial charge on any atom is 0.320 e. The molecule has 8 nitrogen and oxygen atoms in total. The van der Waals surface area contributed by atoms with Crippen molar-refractivity contribution in [1.82, 2.24) is 15.8 Å². The molecule has 4 N–H and O–H groups in total. The van der Waals surface area contributed by atoms with E-state index in [1.807, 2.05) is 45.0 Å². The molecule has 1 aromatic heterocycles.